The molecule has 0 aromatic rings. The van der Waals surface area contributed by atoms with Crippen molar-refractivity contribution < 1.29 is 23.7 Å². The van der Waals surface area contributed by atoms with Crippen molar-refractivity contribution in [3.8, 4) is 0 Å². The topological polar surface area (TPSA) is 89.5 Å². The molecule has 0 fully saturated rings. The van der Waals surface area contributed by atoms with E-state index in [1.165, 1.54) is 0 Å². The largest absolute Gasteiger partial charge is 2.00 e. The number of carbonyl (C=O) groups excluding carboxylic acids is 1. The Bertz CT molecular complexity index is 118. The minimum atomic E-state index is -4.91. The maximum atomic E-state index is 9.48. The van der Waals surface area contributed by atoms with Crippen molar-refractivity contribution in [2.24, 2.45) is 0 Å². The third-order valence-corrected chi connectivity index (χ3v) is 0.766. The van der Waals surface area contributed by atoms with Crippen molar-refractivity contribution in [1.29, 1.82) is 0 Å². The van der Waals surface area contributed by atoms with Crippen molar-refractivity contribution in [3.63, 3.8) is 0 Å². The number of aldehydes is 1. The number of hydrogen-bond acceptors (Lipinski definition) is 5. The van der Waals surface area contributed by atoms with Gasteiger partial charge in [-0.25, -0.2) is 0 Å². The molecule has 0 aliphatic carbocycles. The molecule has 9 heavy (non-hydrogen) atoms. The molecule has 0 aromatic carbocycles. The molecule has 0 heterocycles. The van der Waals surface area contributed by atoms with Gasteiger partial charge in [0, 0.05) is 0 Å². The molecule has 0 aliphatic rings. The van der Waals surface area contributed by atoms with E-state index in [2.05, 4.69) is 4.52 Å². The molecule has 0 aliphatic heterocycles. The fraction of sp³-hybridized carbons (Fsp3) is 0.500. The average molecular weight is 162 g/mol. The molecule has 5 nitrogen and oxygen atoms in total. The second-order valence-electron chi connectivity index (χ2n) is 0.910. The first-order valence-corrected chi connectivity index (χ1v) is 3.12. The van der Waals surface area contributed by atoms with Crippen LogP contribution >= 0.6 is 7.82 Å². The van der Waals surface area contributed by atoms with Crippen molar-refractivity contribution in [3.05, 3.63) is 0 Å². The van der Waals surface area contributed by atoms with Gasteiger partial charge in [-0.1, -0.05) is 0 Å². The Labute approximate surface area is 67.8 Å². The van der Waals surface area contributed by atoms with E-state index in [0.29, 0.717) is 0 Å². The molecular weight excluding hydrogens is 159 g/mol. The molecule has 0 spiro atoms. The summed E-state index contributed by atoms with van der Waals surface area (Å²) >= 11 is 0. The molecular formula is C2H3MgO5P. The quantitative estimate of drug-likeness (QED) is 0.263. The fourth-order valence-corrected chi connectivity index (χ4v) is 0.365. The number of phosphoric ester groups is 1. The van der Waals surface area contributed by atoms with Gasteiger partial charge in [0.15, 0.2) is 0 Å². The van der Waals surface area contributed by atoms with Crippen molar-refractivity contribution >= 4 is 37.2 Å². The Morgan fingerprint density at radius 2 is 2.00 bits per heavy atom. The molecule has 0 saturated carbocycles. The zero-order chi connectivity index (χ0) is 6.62. The van der Waals surface area contributed by atoms with Gasteiger partial charge in [-0.2, -0.15) is 0 Å². The zero-order valence-electron chi connectivity index (χ0n) is 4.48. The van der Waals surface area contributed by atoms with E-state index < -0.39 is 14.4 Å². The molecule has 0 rings (SSSR count). The smallest absolute Gasteiger partial charge is 0.790 e. The first-order chi connectivity index (χ1) is 3.56. The molecule has 0 atom stereocenters. The van der Waals surface area contributed by atoms with Crippen molar-refractivity contribution in [2.75, 3.05) is 6.61 Å². The second kappa shape index (κ2) is 5.34. The Balaban J connectivity index is 0. The Kier molecular flexibility index (Phi) is 7.27. The van der Waals surface area contributed by atoms with Gasteiger partial charge < -0.3 is 23.7 Å². The minimum absolute atomic E-state index is 0. The van der Waals surface area contributed by atoms with Gasteiger partial charge in [-0.3, -0.25) is 0 Å². The van der Waals surface area contributed by atoms with Crippen LogP contribution in [-0.2, 0) is 13.9 Å². The summed E-state index contributed by atoms with van der Waals surface area (Å²) in [5.41, 5.74) is 0. The van der Waals surface area contributed by atoms with Crippen molar-refractivity contribution in [1.82, 2.24) is 0 Å². The Hall–Kier alpha value is 0.546. The number of phosphoric acid groups is 1. The maximum absolute atomic E-state index is 9.48. The van der Waals surface area contributed by atoms with Crippen LogP contribution in [-0.4, -0.2) is 35.9 Å². The van der Waals surface area contributed by atoms with Gasteiger partial charge in [0.2, 0.25) is 0 Å². The predicted octanol–water partition coefficient (Wildman–Crippen LogP) is -2.35. The third-order valence-electron chi connectivity index (χ3n) is 0.301. The number of rotatable bonds is 3. The Morgan fingerprint density at radius 1 is 1.56 bits per heavy atom. The third kappa shape index (κ3) is 11.9. The molecule has 0 bridgehead atoms. The SMILES string of the molecule is O=CCOP(=O)([O-])[O-].[Mg+2]. The monoisotopic (exact) mass is 162 g/mol. The summed E-state index contributed by atoms with van der Waals surface area (Å²) in [6.45, 7) is -0.690. The molecule has 0 amide bonds. The van der Waals surface area contributed by atoms with E-state index in [-0.39, 0.29) is 29.3 Å². The van der Waals surface area contributed by atoms with E-state index in [1.54, 1.807) is 0 Å². The normalized spacial score (nSPS) is 10.0. The van der Waals surface area contributed by atoms with Gasteiger partial charge in [0.25, 0.3) is 0 Å². The predicted molar refractivity (Wildman–Crippen MR) is 25.4 cm³/mol. The summed E-state index contributed by atoms with van der Waals surface area (Å²) < 4.78 is 12.9. The van der Waals surface area contributed by atoms with Crippen LogP contribution in [0.2, 0.25) is 0 Å². The average Bonchev–Trinajstić information content (AvgIpc) is 1.59. The standard InChI is InChI=1S/C2H5O5P.Mg/c3-1-2-7-8(4,5)6;/h1H,2H2,(H2,4,5,6);/q;+2/p-2. The summed E-state index contributed by atoms with van der Waals surface area (Å²) in [5, 5.41) is 0. The van der Waals surface area contributed by atoms with E-state index >= 15 is 0 Å². The van der Waals surface area contributed by atoms with Crippen LogP contribution in [0.3, 0.4) is 0 Å². The summed E-state index contributed by atoms with van der Waals surface area (Å²) in [6.07, 6.45) is 0.183. The molecule has 0 unspecified atom stereocenters. The van der Waals surface area contributed by atoms with Crippen LogP contribution in [0.1, 0.15) is 0 Å². The van der Waals surface area contributed by atoms with E-state index in [4.69, 9.17) is 0 Å². The molecule has 0 saturated heterocycles. The van der Waals surface area contributed by atoms with Crippen LogP contribution in [0, 0.1) is 0 Å². The van der Waals surface area contributed by atoms with Gasteiger partial charge >= 0.3 is 23.1 Å². The molecule has 0 N–H and O–H groups in total. The van der Waals surface area contributed by atoms with E-state index in [9.17, 15) is 19.1 Å². The second-order valence-corrected chi connectivity index (χ2v) is 2.06. The van der Waals surface area contributed by atoms with Gasteiger partial charge in [-0.15, -0.1) is 0 Å². The fourth-order valence-electron chi connectivity index (χ4n) is 0.122. The van der Waals surface area contributed by atoms with Crippen LogP contribution < -0.4 is 9.79 Å². The summed E-state index contributed by atoms with van der Waals surface area (Å²) in [6, 6.07) is 0. The van der Waals surface area contributed by atoms with E-state index in [0.717, 1.165) is 0 Å². The van der Waals surface area contributed by atoms with Crippen molar-refractivity contribution in [2.45, 2.75) is 0 Å². The summed E-state index contributed by atoms with van der Waals surface area (Å²) in [5.74, 6) is 0. The minimum Gasteiger partial charge on any atom is -0.790 e. The molecule has 7 heteroatoms. The summed E-state index contributed by atoms with van der Waals surface area (Å²) in [7, 11) is -4.91. The summed E-state index contributed by atoms with van der Waals surface area (Å²) in [4.78, 5) is 28.3. The van der Waals surface area contributed by atoms with Gasteiger partial charge in [-0.05, 0) is 0 Å². The zero-order valence-corrected chi connectivity index (χ0v) is 6.79. The van der Waals surface area contributed by atoms with Crippen LogP contribution in [0.15, 0.2) is 0 Å². The maximum Gasteiger partial charge on any atom is 2.00 e. The molecule has 0 radical (unpaired) electrons. The first kappa shape index (κ1) is 12.2. The first-order valence-electron chi connectivity index (χ1n) is 1.66. The van der Waals surface area contributed by atoms with Crippen LogP contribution in [0.5, 0.6) is 0 Å². The molecule has 48 valence electrons. The number of hydrogen-bond donors (Lipinski definition) is 0. The van der Waals surface area contributed by atoms with Crippen LogP contribution in [0.25, 0.3) is 0 Å². The van der Waals surface area contributed by atoms with Crippen LogP contribution in [0.4, 0.5) is 0 Å². The van der Waals surface area contributed by atoms with Gasteiger partial charge in [0.05, 0.1) is 7.82 Å². The Morgan fingerprint density at radius 3 is 2.11 bits per heavy atom. The van der Waals surface area contributed by atoms with E-state index in [1.807, 2.05) is 0 Å². The van der Waals surface area contributed by atoms with Gasteiger partial charge in [0.1, 0.15) is 12.9 Å². The number of carbonyl (C=O) groups is 1. The molecule has 0 aromatic heterocycles.